The molecule has 0 aromatic heterocycles. The van der Waals surface area contributed by atoms with E-state index < -0.39 is 0 Å². The number of halogens is 1. The van der Waals surface area contributed by atoms with Crippen LogP contribution in [0.5, 0.6) is 0 Å². The van der Waals surface area contributed by atoms with E-state index in [1.54, 1.807) is 0 Å². The molecule has 17 heavy (non-hydrogen) atoms. The lowest BCUT2D eigenvalue weighted by molar-refractivity contribution is 0.631. The third-order valence-corrected chi connectivity index (χ3v) is 4.76. The summed E-state index contributed by atoms with van der Waals surface area (Å²) >= 11 is 7.87. The van der Waals surface area contributed by atoms with Gasteiger partial charge >= 0.3 is 0 Å². The van der Waals surface area contributed by atoms with Crippen molar-refractivity contribution in [2.75, 3.05) is 5.75 Å². The van der Waals surface area contributed by atoms with Crippen LogP contribution < -0.4 is 5.73 Å². The van der Waals surface area contributed by atoms with Gasteiger partial charge < -0.3 is 5.73 Å². The highest BCUT2D eigenvalue weighted by Crippen LogP contribution is 2.34. The first-order chi connectivity index (χ1) is 8.04. The summed E-state index contributed by atoms with van der Waals surface area (Å²) in [6.45, 7) is 6.62. The molecule has 0 heterocycles. The highest BCUT2D eigenvalue weighted by Gasteiger charge is 2.19. The minimum absolute atomic E-state index is 0.208. The molecule has 0 radical (unpaired) electrons. The Morgan fingerprint density at radius 2 is 1.82 bits per heavy atom. The molecule has 1 aromatic rings. The summed E-state index contributed by atoms with van der Waals surface area (Å²) in [6, 6.07) is 8.29. The molecular formula is C14H22ClNS. The summed E-state index contributed by atoms with van der Waals surface area (Å²) in [7, 11) is 0. The molecule has 2 N–H and O–H groups in total. The number of hydrogen-bond donors (Lipinski definition) is 1. The van der Waals surface area contributed by atoms with Crippen molar-refractivity contribution in [2.45, 2.75) is 38.5 Å². The molecule has 0 aliphatic rings. The summed E-state index contributed by atoms with van der Waals surface area (Å²) in [5.74, 6) is 1.83. The molecule has 0 spiro atoms. The Labute approximate surface area is 114 Å². The SMILES string of the molecule is CCC(N)C(SCC(C)C)c1ccc(Cl)cc1. The Kier molecular flexibility index (Phi) is 6.39. The quantitative estimate of drug-likeness (QED) is 0.824. The van der Waals surface area contributed by atoms with Gasteiger partial charge in [-0.3, -0.25) is 0 Å². The van der Waals surface area contributed by atoms with Crippen LogP contribution in [0, 0.1) is 5.92 Å². The number of nitrogens with two attached hydrogens (primary N) is 1. The van der Waals surface area contributed by atoms with E-state index in [2.05, 4.69) is 32.9 Å². The van der Waals surface area contributed by atoms with Crippen molar-refractivity contribution >= 4 is 23.4 Å². The van der Waals surface area contributed by atoms with Crippen LogP contribution >= 0.6 is 23.4 Å². The first-order valence-electron chi connectivity index (χ1n) is 6.17. The van der Waals surface area contributed by atoms with E-state index in [-0.39, 0.29) is 6.04 Å². The van der Waals surface area contributed by atoms with E-state index in [1.165, 1.54) is 5.56 Å². The molecule has 0 saturated carbocycles. The molecule has 0 aliphatic heterocycles. The molecule has 0 saturated heterocycles. The van der Waals surface area contributed by atoms with Gasteiger partial charge in [0.05, 0.1) is 0 Å². The van der Waals surface area contributed by atoms with Crippen LogP contribution in [-0.2, 0) is 0 Å². The van der Waals surface area contributed by atoms with E-state index in [9.17, 15) is 0 Å². The number of hydrogen-bond acceptors (Lipinski definition) is 2. The fourth-order valence-electron chi connectivity index (χ4n) is 1.63. The molecule has 96 valence electrons. The van der Waals surface area contributed by atoms with Gasteiger partial charge in [0.15, 0.2) is 0 Å². The second kappa shape index (κ2) is 7.30. The van der Waals surface area contributed by atoms with Crippen molar-refractivity contribution < 1.29 is 0 Å². The highest BCUT2D eigenvalue weighted by atomic mass is 35.5. The molecule has 0 amide bonds. The molecular weight excluding hydrogens is 250 g/mol. The van der Waals surface area contributed by atoms with Crippen molar-refractivity contribution in [3.63, 3.8) is 0 Å². The van der Waals surface area contributed by atoms with Gasteiger partial charge in [-0.15, -0.1) is 0 Å². The molecule has 0 aliphatic carbocycles. The van der Waals surface area contributed by atoms with E-state index in [0.29, 0.717) is 11.2 Å². The highest BCUT2D eigenvalue weighted by molar-refractivity contribution is 7.99. The first-order valence-corrected chi connectivity index (χ1v) is 7.60. The van der Waals surface area contributed by atoms with Crippen LogP contribution in [0.2, 0.25) is 5.02 Å². The normalized spacial score (nSPS) is 14.9. The Hall–Kier alpha value is -0.180. The lowest BCUT2D eigenvalue weighted by Gasteiger charge is -2.24. The molecule has 2 atom stereocenters. The largest absolute Gasteiger partial charge is 0.326 e. The lowest BCUT2D eigenvalue weighted by atomic mass is 10.0. The van der Waals surface area contributed by atoms with E-state index in [0.717, 1.165) is 17.2 Å². The monoisotopic (exact) mass is 271 g/mol. The Bertz CT molecular complexity index is 323. The van der Waals surface area contributed by atoms with Gasteiger partial charge in [0.1, 0.15) is 0 Å². The predicted octanol–water partition coefficient (Wildman–Crippen LogP) is 4.51. The summed E-state index contributed by atoms with van der Waals surface area (Å²) in [5, 5.41) is 1.16. The third-order valence-electron chi connectivity index (χ3n) is 2.67. The Morgan fingerprint density at radius 3 is 2.29 bits per heavy atom. The molecule has 0 bridgehead atoms. The van der Waals surface area contributed by atoms with Crippen molar-refractivity contribution in [1.82, 2.24) is 0 Å². The molecule has 2 unspecified atom stereocenters. The van der Waals surface area contributed by atoms with Crippen molar-refractivity contribution in [3.8, 4) is 0 Å². The minimum Gasteiger partial charge on any atom is -0.326 e. The lowest BCUT2D eigenvalue weighted by Crippen LogP contribution is -2.26. The van der Waals surface area contributed by atoms with E-state index in [4.69, 9.17) is 17.3 Å². The van der Waals surface area contributed by atoms with Crippen LogP contribution in [0.4, 0.5) is 0 Å². The predicted molar refractivity (Wildman–Crippen MR) is 79.8 cm³/mol. The van der Waals surface area contributed by atoms with Crippen LogP contribution in [-0.4, -0.2) is 11.8 Å². The number of thioether (sulfide) groups is 1. The second-order valence-corrected chi connectivity index (χ2v) is 6.38. The first kappa shape index (κ1) is 14.9. The van der Waals surface area contributed by atoms with Crippen LogP contribution in [0.25, 0.3) is 0 Å². The van der Waals surface area contributed by atoms with Gasteiger partial charge in [-0.25, -0.2) is 0 Å². The summed E-state index contributed by atoms with van der Waals surface area (Å²) in [6.07, 6.45) is 0.998. The maximum atomic E-state index is 6.22. The molecule has 0 fully saturated rings. The van der Waals surface area contributed by atoms with Gasteiger partial charge in [0, 0.05) is 16.3 Å². The molecule has 1 rings (SSSR count). The maximum Gasteiger partial charge on any atom is 0.0448 e. The zero-order valence-electron chi connectivity index (χ0n) is 10.8. The van der Waals surface area contributed by atoms with Gasteiger partial charge in [0.25, 0.3) is 0 Å². The molecule has 1 nitrogen and oxygen atoms in total. The topological polar surface area (TPSA) is 26.0 Å². The minimum atomic E-state index is 0.208. The van der Waals surface area contributed by atoms with Crippen LogP contribution in [0.15, 0.2) is 24.3 Å². The average Bonchev–Trinajstić information content (AvgIpc) is 2.30. The second-order valence-electron chi connectivity index (χ2n) is 4.77. The van der Waals surface area contributed by atoms with Gasteiger partial charge in [-0.2, -0.15) is 11.8 Å². The van der Waals surface area contributed by atoms with Gasteiger partial charge in [-0.1, -0.05) is 44.5 Å². The standard InChI is InChI=1S/C14H22ClNS/c1-4-13(16)14(17-9-10(2)3)11-5-7-12(15)8-6-11/h5-8,10,13-14H,4,9,16H2,1-3H3. The van der Waals surface area contributed by atoms with Crippen molar-refractivity contribution in [1.29, 1.82) is 0 Å². The summed E-state index contributed by atoms with van der Waals surface area (Å²) in [4.78, 5) is 0. The fourth-order valence-corrected chi connectivity index (χ4v) is 3.14. The van der Waals surface area contributed by atoms with Gasteiger partial charge in [0.2, 0.25) is 0 Å². The maximum absolute atomic E-state index is 6.22. The smallest absolute Gasteiger partial charge is 0.0448 e. The summed E-state index contributed by atoms with van der Waals surface area (Å²) in [5.41, 5.74) is 7.51. The zero-order valence-corrected chi connectivity index (χ0v) is 12.4. The fraction of sp³-hybridized carbons (Fsp3) is 0.571. The van der Waals surface area contributed by atoms with Crippen molar-refractivity contribution in [2.24, 2.45) is 11.7 Å². The summed E-state index contributed by atoms with van der Waals surface area (Å²) < 4.78 is 0. The van der Waals surface area contributed by atoms with Gasteiger partial charge in [-0.05, 0) is 35.8 Å². The van der Waals surface area contributed by atoms with E-state index in [1.807, 2.05) is 23.9 Å². The zero-order chi connectivity index (χ0) is 12.8. The van der Waals surface area contributed by atoms with Crippen LogP contribution in [0.1, 0.15) is 38.0 Å². The van der Waals surface area contributed by atoms with Crippen LogP contribution in [0.3, 0.4) is 0 Å². The third kappa shape index (κ3) is 4.90. The molecule has 3 heteroatoms. The number of benzene rings is 1. The number of rotatable bonds is 6. The Morgan fingerprint density at radius 1 is 1.24 bits per heavy atom. The molecule has 1 aromatic carbocycles. The Balaban J connectivity index is 2.78. The van der Waals surface area contributed by atoms with E-state index >= 15 is 0 Å². The van der Waals surface area contributed by atoms with Crippen molar-refractivity contribution in [3.05, 3.63) is 34.9 Å². The average molecular weight is 272 g/mol.